The molecule has 86 valence electrons. The van der Waals surface area contributed by atoms with Gasteiger partial charge in [0.25, 0.3) is 0 Å². The molecule has 0 spiro atoms. The molecule has 0 saturated heterocycles. The van der Waals surface area contributed by atoms with Crippen molar-refractivity contribution < 1.29 is 4.39 Å². The minimum Gasteiger partial charge on any atom is -0.378 e. The van der Waals surface area contributed by atoms with Gasteiger partial charge in [0.05, 0.1) is 12.2 Å². The van der Waals surface area contributed by atoms with Crippen molar-refractivity contribution in [1.29, 1.82) is 5.26 Å². The molecule has 1 aromatic carbocycles. The van der Waals surface area contributed by atoms with E-state index in [2.05, 4.69) is 10.3 Å². The minimum absolute atomic E-state index is 0.0231. The van der Waals surface area contributed by atoms with Crippen molar-refractivity contribution in [3.63, 3.8) is 0 Å². The molecule has 6 heteroatoms. The molecular weight excluding hydrogens is 241 g/mol. The van der Waals surface area contributed by atoms with E-state index >= 15 is 0 Å². The predicted octanol–water partition coefficient (Wildman–Crippen LogP) is 2.06. The van der Waals surface area contributed by atoms with Crippen molar-refractivity contribution >= 4 is 17.0 Å². The molecule has 0 aliphatic heterocycles. The number of hydrogen-bond donors (Lipinski definition) is 2. The van der Waals surface area contributed by atoms with Crippen LogP contribution in [0.1, 0.15) is 11.3 Å². The molecule has 1 heterocycles. The van der Waals surface area contributed by atoms with Crippen molar-refractivity contribution in [2.24, 2.45) is 0 Å². The highest BCUT2D eigenvalue weighted by molar-refractivity contribution is 7.07. The van der Waals surface area contributed by atoms with Gasteiger partial charge in [-0.1, -0.05) is 17.4 Å². The Kier molecular flexibility index (Phi) is 3.21. The number of aromatic amines is 1. The van der Waals surface area contributed by atoms with E-state index in [1.165, 1.54) is 12.1 Å². The monoisotopic (exact) mass is 249 g/mol. The largest absolute Gasteiger partial charge is 0.378 e. The van der Waals surface area contributed by atoms with Gasteiger partial charge < -0.3 is 10.3 Å². The Balaban J connectivity index is 2.17. The summed E-state index contributed by atoms with van der Waals surface area (Å²) in [5.74, 6) is -0.559. The number of anilines is 1. The Morgan fingerprint density at radius 2 is 2.35 bits per heavy atom. The van der Waals surface area contributed by atoms with Gasteiger partial charge in [0.15, 0.2) is 0 Å². The molecule has 2 N–H and O–H groups in total. The van der Waals surface area contributed by atoms with E-state index in [9.17, 15) is 9.18 Å². The van der Waals surface area contributed by atoms with Crippen LogP contribution in [-0.2, 0) is 6.54 Å². The fraction of sp³-hybridized carbons (Fsp3) is 0.0909. The maximum absolute atomic E-state index is 13.3. The average Bonchev–Trinajstić information content (AvgIpc) is 2.72. The number of benzene rings is 1. The Hall–Kier alpha value is -2.13. The normalized spacial score (nSPS) is 9.88. The highest BCUT2D eigenvalue weighted by atomic mass is 32.1. The van der Waals surface area contributed by atoms with E-state index in [0.29, 0.717) is 17.9 Å². The molecule has 0 atom stereocenters. The molecular formula is C11H8FN3OS. The summed E-state index contributed by atoms with van der Waals surface area (Å²) in [7, 11) is 0. The van der Waals surface area contributed by atoms with Crippen LogP contribution in [0.2, 0.25) is 0 Å². The summed E-state index contributed by atoms with van der Waals surface area (Å²) in [4.78, 5) is 13.4. The second-order valence-electron chi connectivity index (χ2n) is 3.30. The number of thiazole rings is 1. The summed E-state index contributed by atoms with van der Waals surface area (Å²) in [5, 5.41) is 13.4. The Morgan fingerprint density at radius 1 is 1.53 bits per heavy atom. The zero-order valence-corrected chi connectivity index (χ0v) is 9.47. The van der Waals surface area contributed by atoms with Crippen molar-refractivity contribution in [3.05, 3.63) is 50.3 Å². The Bertz CT molecular complexity index is 626. The van der Waals surface area contributed by atoms with Gasteiger partial charge in [0, 0.05) is 11.1 Å². The number of halogens is 1. The van der Waals surface area contributed by atoms with Crippen LogP contribution < -0.4 is 10.2 Å². The molecule has 0 aliphatic rings. The average molecular weight is 249 g/mol. The first-order valence-electron chi connectivity index (χ1n) is 4.80. The summed E-state index contributed by atoms with van der Waals surface area (Å²) in [5.41, 5.74) is 1.10. The van der Waals surface area contributed by atoms with Gasteiger partial charge in [-0.3, -0.25) is 4.79 Å². The van der Waals surface area contributed by atoms with Crippen LogP contribution in [0.3, 0.4) is 0 Å². The topological polar surface area (TPSA) is 68.7 Å². The van der Waals surface area contributed by atoms with Crippen molar-refractivity contribution in [1.82, 2.24) is 4.98 Å². The number of nitrogens with one attached hydrogen (secondary N) is 2. The Labute approximate surface area is 100 Å². The first kappa shape index (κ1) is 11.4. The van der Waals surface area contributed by atoms with Crippen LogP contribution in [-0.4, -0.2) is 4.98 Å². The number of aromatic nitrogens is 1. The number of rotatable bonds is 3. The second-order valence-corrected chi connectivity index (χ2v) is 4.14. The standard InChI is InChI=1S/C11H8FN3OS/c12-9-2-1-3-10(8(9)4-13)14-5-7-6-17-11(16)15-7/h1-3,6,14H,5H2,(H,15,16). The minimum atomic E-state index is -0.559. The van der Waals surface area contributed by atoms with Gasteiger partial charge in [0.1, 0.15) is 17.4 Å². The summed E-state index contributed by atoms with van der Waals surface area (Å²) in [6.07, 6.45) is 0. The molecule has 17 heavy (non-hydrogen) atoms. The van der Waals surface area contributed by atoms with E-state index in [-0.39, 0.29) is 10.4 Å². The SMILES string of the molecule is N#Cc1c(F)cccc1NCc1csc(=O)[nH]1. The quantitative estimate of drug-likeness (QED) is 0.874. The van der Waals surface area contributed by atoms with Crippen LogP contribution >= 0.6 is 11.3 Å². The van der Waals surface area contributed by atoms with Crippen LogP contribution in [0.4, 0.5) is 10.1 Å². The number of hydrogen-bond acceptors (Lipinski definition) is 4. The Morgan fingerprint density at radius 3 is 3.00 bits per heavy atom. The lowest BCUT2D eigenvalue weighted by Crippen LogP contribution is -2.04. The van der Waals surface area contributed by atoms with E-state index < -0.39 is 5.82 Å². The van der Waals surface area contributed by atoms with Crippen LogP contribution in [0, 0.1) is 17.1 Å². The van der Waals surface area contributed by atoms with E-state index in [1.807, 2.05) is 0 Å². The lowest BCUT2D eigenvalue weighted by Gasteiger charge is -2.06. The maximum atomic E-state index is 13.3. The molecule has 1 aromatic heterocycles. The zero-order chi connectivity index (χ0) is 12.3. The smallest absolute Gasteiger partial charge is 0.304 e. The molecule has 0 bridgehead atoms. The van der Waals surface area contributed by atoms with Crippen molar-refractivity contribution in [2.75, 3.05) is 5.32 Å². The molecule has 4 nitrogen and oxygen atoms in total. The molecule has 0 aliphatic carbocycles. The van der Waals surface area contributed by atoms with Gasteiger partial charge in [-0.2, -0.15) is 5.26 Å². The van der Waals surface area contributed by atoms with Gasteiger partial charge in [0.2, 0.25) is 0 Å². The van der Waals surface area contributed by atoms with Crippen LogP contribution in [0.25, 0.3) is 0 Å². The third-order valence-electron chi connectivity index (χ3n) is 2.17. The van der Waals surface area contributed by atoms with Crippen molar-refractivity contribution in [2.45, 2.75) is 6.54 Å². The van der Waals surface area contributed by atoms with Gasteiger partial charge >= 0.3 is 4.87 Å². The van der Waals surface area contributed by atoms with Gasteiger partial charge in [-0.05, 0) is 12.1 Å². The third kappa shape index (κ3) is 2.52. The summed E-state index contributed by atoms with van der Waals surface area (Å²) in [6, 6.07) is 6.17. The lowest BCUT2D eigenvalue weighted by atomic mass is 10.2. The zero-order valence-electron chi connectivity index (χ0n) is 8.66. The van der Waals surface area contributed by atoms with E-state index in [1.54, 1.807) is 17.5 Å². The van der Waals surface area contributed by atoms with E-state index in [4.69, 9.17) is 5.26 Å². The highest BCUT2D eigenvalue weighted by Gasteiger charge is 2.07. The van der Waals surface area contributed by atoms with Gasteiger partial charge in [-0.15, -0.1) is 0 Å². The number of nitriles is 1. The molecule has 2 aromatic rings. The highest BCUT2D eigenvalue weighted by Crippen LogP contribution is 2.18. The van der Waals surface area contributed by atoms with Crippen LogP contribution in [0.15, 0.2) is 28.4 Å². The molecule has 0 unspecified atom stereocenters. The molecule has 0 amide bonds. The second kappa shape index (κ2) is 4.80. The molecule has 0 saturated carbocycles. The first-order valence-corrected chi connectivity index (χ1v) is 5.68. The molecule has 0 fully saturated rings. The third-order valence-corrected chi connectivity index (χ3v) is 2.88. The lowest BCUT2D eigenvalue weighted by molar-refractivity contribution is 0.624. The van der Waals surface area contributed by atoms with Crippen molar-refractivity contribution in [3.8, 4) is 6.07 Å². The van der Waals surface area contributed by atoms with E-state index in [0.717, 1.165) is 11.3 Å². The number of H-pyrrole nitrogens is 1. The predicted molar refractivity (Wildman–Crippen MR) is 63.4 cm³/mol. The summed E-state index contributed by atoms with van der Waals surface area (Å²) in [6.45, 7) is 0.344. The van der Waals surface area contributed by atoms with Crippen LogP contribution in [0.5, 0.6) is 0 Å². The molecule has 2 rings (SSSR count). The summed E-state index contributed by atoms with van der Waals surface area (Å²) >= 11 is 1.06. The first-order chi connectivity index (χ1) is 8.20. The fourth-order valence-corrected chi connectivity index (χ4v) is 1.96. The maximum Gasteiger partial charge on any atom is 0.304 e. The molecule has 0 radical (unpaired) electrons. The van der Waals surface area contributed by atoms with Gasteiger partial charge in [-0.25, -0.2) is 4.39 Å². The summed E-state index contributed by atoms with van der Waals surface area (Å²) < 4.78 is 13.3. The number of nitrogens with zero attached hydrogens (tertiary/aromatic N) is 1. The fourth-order valence-electron chi connectivity index (χ4n) is 1.38.